The summed E-state index contributed by atoms with van der Waals surface area (Å²) in [6, 6.07) is -0.558. The molecular weight excluding hydrogens is 280 g/mol. The van der Waals surface area contributed by atoms with E-state index in [1.807, 2.05) is 6.92 Å². The van der Waals surface area contributed by atoms with Crippen LogP contribution >= 0.6 is 0 Å². The van der Waals surface area contributed by atoms with Crippen molar-refractivity contribution in [3.8, 4) is 0 Å². The summed E-state index contributed by atoms with van der Waals surface area (Å²) in [4.78, 5) is 25.8. The van der Waals surface area contributed by atoms with E-state index in [1.165, 1.54) is 4.90 Å². The Labute approximate surface area is 120 Å². The van der Waals surface area contributed by atoms with E-state index in [4.69, 9.17) is 0 Å². The van der Waals surface area contributed by atoms with E-state index in [-0.39, 0.29) is 24.1 Å². The SMILES string of the molecule is CCC1NC(=O)C(C)(C)N(CCS(=O)(=O)C(C)C)C1=O. The molecule has 1 N–H and O–H groups in total. The van der Waals surface area contributed by atoms with Gasteiger partial charge in [0.05, 0.1) is 11.0 Å². The molecule has 0 aromatic carbocycles. The summed E-state index contributed by atoms with van der Waals surface area (Å²) in [5, 5.41) is 2.19. The second-order valence-electron chi connectivity index (χ2n) is 5.90. The van der Waals surface area contributed by atoms with Gasteiger partial charge in [0.2, 0.25) is 11.8 Å². The van der Waals surface area contributed by atoms with Crippen molar-refractivity contribution in [1.82, 2.24) is 10.2 Å². The van der Waals surface area contributed by atoms with Crippen molar-refractivity contribution >= 4 is 21.7 Å². The number of hydrogen-bond acceptors (Lipinski definition) is 4. The van der Waals surface area contributed by atoms with Crippen molar-refractivity contribution in [2.45, 2.75) is 57.9 Å². The van der Waals surface area contributed by atoms with E-state index in [9.17, 15) is 18.0 Å². The van der Waals surface area contributed by atoms with Crippen LogP contribution in [0.2, 0.25) is 0 Å². The van der Waals surface area contributed by atoms with Crippen LogP contribution in [0.5, 0.6) is 0 Å². The van der Waals surface area contributed by atoms with Crippen molar-refractivity contribution in [2.24, 2.45) is 0 Å². The fourth-order valence-corrected chi connectivity index (χ4v) is 3.01. The molecule has 1 rings (SSSR count). The second kappa shape index (κ2) is 5.71. The Morgan fingerprint density at radius 2 is 1.85 bits per heavy atom. The molecule has 0 radical (unpaired) electrons. The first-order valence-electron chi connectivity index (χ1n) is 6.88. The maximum absolute atomic E-state index is 12.3. The Kier molecular flexibility index (Phi) is 4.84. The lowest BCUT2D eigenvalue weighted by Crippen LogP contribution is -2.68. The molecule has 0 aliphatic carbocycles. The number of rotatable bonds is 5. The van der Waals surface area contributed by atoms with Gasteiger partial charge in [-0.3, -0.25) is 9.59 Å². The fourth-order valence-electron chi connectivity index (χ4n) is 2.10. The van der Waals surface area contributed by atoms with Crippen LogP contribution in [0.25, 0.3) is 0 Å². The van der Waals surface area contributed by atoms with Crippen LogP contribution in [0, 0.1) is 0 Å². The van der Waals surface area contributed by atoms with Gasteiger partial charge in [-0.2, -0.15) is 0 Å². The Morgan fingerprint density at radius 1 is 1.30 bits per heavy atom. The molecule has 0 aromatic rings. The molecule has 7 heteroatoms. The summed E-state index contributed by atoms with van der Waals surface area (Å²) in [5.41, 5.74) is -1.02. The van der Waals surface area contributed by atoms with Gasteiger partial charge in [-0.15, -0.1) is 0 Å². The summed E-state index contributed by atoms with van der Waals surface area (Å²) in [7, 11) is -3.24. The number of carbonyl (C=O) groups excluding carboxylic acids is 2. The van der Waals surface area contributed by atoms with Gasteiger partial charge < -0.3 is 10.2 Å². The Hall–Kier alpha value is -1.11. The zero-order chi connectivity index (χ0) is 15.7. The fraction of sp³-hybridized carbons (Fsp3) is 0.846. The van der Waals surface area contributed by atoms with Crippen molar-refractivity contribution < 1.29 is 18.0 Å². The topological polar surface area (TPSA) is 83.6 Å². The smallest absolute Gasteiger partial charge is 0.246 e. The number of nitrogens with zero attached hydrogens (tertiary/aromatic N) is 1. The number of hydrogen-bond donors (Lipinski definition) is 1. The predicted octanol–water partition coefficient (Wildman–Crippen LogP) is 0.325. The molecule has 6 nitrogen and oxygen atoms in total. The van der Waals surface area contributed by atoms with Crippen LogP contribution in [0.3, 0.4) is 0 Å². The van der Waals surface area contributed by atoms with Crippen LogP contribution in [0.1, 0.15) is 41.0 Å². The number of nitrogens with one attached hydrogen (secondary N) is 1. The second-order valence-corrected chi connectivity index (χ2v) is 8.58. The number of piperazine rings is 1. The first kappa shape index (κ1) is 16.9. The highest BCUT2D eigenvalue weighted by Gasteiger charge is 2.45. The van der Waals surface area contributed by atoms with Gasteiger partial charge >= 0.3 is 0 Å². The van der Waals surface area contributed by atoms with E-state index in [0.717, 1.165) is 0 Å². The molecule has 0 bridgehead atoms. The summed E-state index contributed by atoms with van der Waals surface area (Å²) in [5.74, 6) is -0.578. The molecule has 1 aliphatic rings. The molecular formula is C13H24N2O4S. The van der Waals surface area contributed by atoms with Gasteiger partial charge in [0.25, 0.3) is 0 Å². The molecule has 1 heterocycles. The lowest BCUT2D eigenvalue weighted by molar-refractivity contribution is -0.154. The number of carbonyl (C=O) groups is 2. The first-order chi connectivity index (χ1) is 9.04. The van der Waals surface area contributed by atoms with E-state index in [0.29, 0.717) is 6.42 Å². The van der Waals surface area contributed by atoms with Gasteiger partial charge in [-0.05, 0) is 34.1 Å². The van der Waals surface area contributed by atoms with Crippen LogP contribution in [0.4, 0.5) is 0 Å². The van der Waals surface area contributed by atoms with E-state index < -0.39 is 26.7 Å². The maximum Gasteiger partial charge on any atom is 0.246 e. The predicted molar refractivity (Wildman–Crippen MR) is 76.9 cm³/mol. The Bertz CT molecular complexity index is 497. The van der Waals surface area contributed by atoms with Crippen molar-refractivity contribution in [1.29, 1.82) is 0 Å². The first-order valence-corrected chi connectivity index (χ1v) is 8.59. The standard InChI is InChI=1S/C13H24N2O4S/c1-6-10-11(16)15(13(4,5)12(17)14-10)7-8-20(18,19)9(2)3/h9-10H,6-8H2,1-5H3,(H,14,17). The van der Waals surface area contributed by atoms with Gasteiger partial charge in [-0.1, -0.05) is 6.92 Å². The minimum atomic E-state index is -3.24. The quantitative estimate of drug-likeness (QED) is 0.793. The van der Waals surface area contributed by atoms with E-state index >= 15 is 0 Å². The summed E-state index contributed by atoms with van der Waals surface area (Å²) >= 11 is 0. The molecule has 1 atom stereocenters. The molecule has 0 spiro atoms. The Morgan fingerprint density at radius 3 is 2.30 bits per heavy atom. The zero-order valence-electron chi connectivity index (χ0n) is 12.8. The molecule has 0 aromatic heterocycles. The van der Waals surface area contributed by atoms with Crippen molar-refractivity contribution in [2.75, 3.05) is 12.3 Å². The molecule has 20 heavy (non-hydrogen) atoms. The molecule has 1 unspecified atom stereocenters. The molecule has 1 aliphatic heterocycles. The van der Waals surface area contributed by atoms with E-state index in [2.05, 4.69) is 5.32 Å². The lowest BCUT2D eigenvalue weighted by atomic mass is 9.95. The highest BCUT2D eigenvalue weighted by molar-refractivity contribution is 7.92. The van der Waals surface area contributed by atoms with Gasteiger partial charge in [0.15, 0.2) is 9.84 Å². The summed E-state index contributed by atoms with van der Waals surface area (Å²) in [6.07, 6.45) is 0.494. The summed E-state index contributed by atoms with van der Waals surface area (Å²) < 4.78 is 23.8. The summed E-state index contributed by atoms with van der Waals surface area (Å²) in [6.45, 7) is 8.35. The Balaban J connectivity index is 2.94. The molecule has 2 amide bonds. The third-order valence-electron chi connectivity index (χ3n) is 3.83. The average molecular weight is 304 g/mol. The van der Waals surface area contributed by atoms with Crippen molar-refractivity contribution in [3.63, 3.8) is 0 Å². The normalized spacial score (nSPS) is 23.1. The van der Waals surface area contributed by atoms with Crippen LogP contribution in [-0.2, 0) is 19.4 Å². The molecule has 1 saturated heterocycles. The molecule has 116 valence electrons. The monoisotopic (exact) mass is 304 g/mol. The third-order valence-corrected chi connectivity index (χ3v) is 6.01. The molecule has 0 saturated carbocycles. The lowest BCUT2D eigenvalue weighted by Gasteiger charge is -2.44. The number of sulfone groups is 1. The van der Waals surface area contributed by atoms with Crippen LogP contribution in [0.15, 0.2) is 0 Å². The van der Waals surface area contributed by atoms with Crippen LogP contribution in [-0.4, -0.2) is 54.3 Å². The highest BCUT2D eigenvalue weighted by Crippen LogP contribution is 2.22. The minimum absolute atomic E-state index is 0.0519. The van der Waals surface area contributed by atoms with Gasteiger partial charge in [0.1, 0.15) is 11.6 Å². The van der Waals surface area contributed by atoms with Gasteiger partial charge in [-0.25, -0.2) is 8.42 Å². The van der Waals surface area contributed by atoms with E-state index in [1.54, 1.807) is 27.7 Å². The highest BCUT2D eigenvalue weighted by atomic mass is 32.2. The largest absolute Gasteiger partial charge is 0.342 e. The van der Waals surface area contributed by atoms with Crippen molar-refractivity contribution in [3.05, 3.63) is 0 Å². The van der Waals surface area contributed by atoms with Gasteiger partial charge in [0, 0.05) is 6.54 Å². The number of amides is 2. The zero-order valence-corrected chi connectivity index (χ0v) is 13.6. The average Bonchev–Trinajstić information content (AvgIpc) is 2.33. The van der Waals surface area contributed by atoms with Crippen LogP contribution < -0.4 is 5.32 Å². The maximum atomic E-state index is 12.3. The minimum Gasteiger partial charge on any atom is -0.342 e. The molecule has 1 fully saturated rings. The third kappa shape index (κ3) is 3.13.